The van der Waals surface area contributed by atoms with Gasteiger partial charge in [-0.2, -0.15) is 0 Å². The molecule has 0 unspecified atom stereocenters. The van der Waals surface area contributed by atoms with Crippen LogP contribution in [0.1, 0.15) is 25.3 Å². The van der Waals surface area contributed by atoms with Gasteiger partial charge in [-0.05, 0) is 43.2 Å². The van der Waals surface area contributed by atoms with Gasteiger partial charge in [0.25, 0.3) is 0 Å². The second kappa shape index (κ2) is 8.28. The molecule has 0 saturated carbocycles. The average Bonchev–Trinajstić information content (AvgIpc) is 2.62. The Morgan fingerprint density at radius 3 is 2.74 bits per heavy atom. The molecule has 0 aliphatic carbocycles. The van der Waals surface area contributed by atoms with E-state index in [4.69, 9.17) is 16.3 Å². The second-order valence-electron chi connectivity index (χ2n) is 7.15. The van der Waals surface area contributed by atoms with Gasteiger partial charge in [-0.15, -0.1) is 0 Å². The number of benzene rings is 2. The van der Waals surface area contributed by atoms with Gasteiger partial charge in [0.1, 0.15) is 23.3 Å². The number of piperidine rings is 1. The van der Waals surface area contributed by atoms with E-state index >= 15 is 0 Å². The number of amides is 1. The van der Waals surface area contributed by atoms with Gasteiger partial charge in [0.2, 0.25) is 5.91 Å². The number of aliphatic hydroxyl groups is 1. The quantitative estimate of drug-likeness (QED) is 0.842. The zero-order valence-electron chi connectivity index (χ0n) is 15.2. The Bertz CT molecular complexity index is 794. The van der Waals surface area contributed by atoms with Crippen molar-refractivity contribution in [2.75, 3.05) is 13.1 Å². The topological polar surface area (TPSA) is 49.8 Å². The number of rotatable bonds is 5. The van der Waals surface area contributed by atoms with Crippen LogP contribution in [0, 0.1) is 5.82 Å². The predicted molar refractivity (Wildman–Crippen MR) is 102 cm³/mol. The Labute approximate surface area is 163 Å². The zero-order valence-corrected chi connectivity index (χ0v) is 16.0. The number of β-amino-alcohol motifs (C(OH)–C–C–N with tert-alkyl or cyclic N) is 1. The fourth-order valence-corrected chi connectivity index (χ4v) is 3.44. The molecule has 2 atom stereocenters. The van der Waals surface area contributed by atoms with Crippen molar-refractivity contribution in [3.8, 4) is 5.75 Å². The van der Waals surface area contributed by atoms with Crippen molar-refractivity contribution >= 4 is 17.5 Å². The van der Waals surface area contributed by atoms with E-state index in [2.05, 4.69) is 0 Å². The lowest BCUT2D eigenvalue weighted by Crippen LogP contribution is -2.58. The highest BCUT2D eigenvalue weighted by Gasteiger charge is 2.41. The smallest absolute Gasteiger partial charge is 0.223 e. The summed E-state index contributed by atoms with van der Waals surface area (Å²) in [6, 6.07) is 13.3. The first kappa shape index (κ1) is 19.6. The minimum absolute atomic E-state index is 0.00516. The first-order chi connectivity index (χ1) is 12.8. The van der Waals surface area contributed by atoms with E-state index < -0.39 is 11.7 Å². The monoisotopic (exact) mass is 391 g/mol. The molecule has 1 aliphatic rings. The normalized spacial score (nSPS) is 22.5. The van der Waals surface area contributed by atoms with Crippen molar-refractivity contribution in [3.63, 3.8) is 0 Å². The van der Waals surface area contributed by atoms with Crippen molar-refractivity contribution in [1.29, 1.82) is 0 Å². The number of ether oxygens (including phenoxy) is 1. The molecule has 1 N–H and O–H groups in total. The van der Waals surface area contributed by atoms with Gasteiger partial charge >= 0.3 is 0 Å². The molecular weight excluding hydrogens is 369 g/mol. The van der Waals surface area contributed by atoms with E-state index in [-0.39, 0.29) is 18.3 Å². The van der Waals surface area contributed by atoms with Gasteiger partial charge in [-0.1, -0.05) is 29.8 Å². The molecule has 2 aromatic carbocycles. The van der Waals surface area contributed by atoms with E-state index in [1.54, 1.807) is 36.1 Å². The Kier molecular flexibility index (Phi) is 6.02. The van der Waals surface area contributed by atoms with Crippen LogP contribution in [0.15, 0.2) is 48.5 Å². The van der Waals surface area contributed by atoms with E-state index in [0.29, 0.717) is 36.6 Å². The number of carbonyl (C=O) groups excluding carboxylic acids is 1. The molecule has 1 saturated heterocycles. The van der Waals surface area contributed by atoms with Crippen LogP contribution in [-0.2, 0) is 11.2 Å². The maximum Gasteiger partial charge on any atom is 0.223 e. The molecule has 1 amide bonds. The highest BCUT2D eigenvalue weighted by molar-refractivity contribution is 6.30. The molecule has 1 fully saturated rings. The van der Waals surface area contributed by atoms with Crippen LogP contribution in [0.25, 0.3) is 0 Å². The lowest BCUT2D eigenvalue weighted by molar-refractivity contribution is -0.145. The van der Waals surface area contributed by atoms with Crippen LogP contribution in [0.2, 0.25) is 5.02 Å². The van der Waals surface area contributed by atoms with Gasteiger partial charge in [0.15, 0.2) is 0 Å². The standard InChI is InChI=1S/C21H23ClFNO3/c1-21(26)14-24(20(25)10-7-15-5-8-16(22)9-6-15)12-11-19(21)27-18-4-2-3-17(23)13-18/h2-6,8-9,13,19,26H,7,10-12,14H2,1H3/t19-,21-/m0/s1. The van der Waals surface area contributed by atoms with Crippen LogP contribution < -0.4 is 4.74 Å². The third-order valence-electron chi connectivity index (χ3n) is 4.83. The summed E-state index contributed by atoms with van der Waals surface area (Å²) in [4.78, 5) is 14.2. The summed E-state index contributed by atoms with van der Waals surface area (Å²) >= 11 is 5.87. The molecular formula is C21H23ClFNO3. The molecule has 2 aromatic rings. The summed E-state index contributed by atoms with van der Waals surface area (Å²) in [7, 11) is 0. The largest absolute Gasteiger partial charge is 0.487 e. The molecule has 0 radical (unpaired) electrons. The van der Waals surface area contributed by atoms with Gasteiger partial charge in [-0.3, -0.25) is 4.79 Å². The Balaban J connectivity index is 1.55. The van der Waals surface area contributed by atoms with Crippen LogP contribution in [-0.4, -0.2) is 40.7 Å². The summed E-state index contributed by atoms with van der Waals surface area (Å²) in [5.74, 6) is -0.0147. The maximum absolute atomic E-state index is 13.3. The second-order valence-corrected chi connectivity index (χ2v) is 7.59. The van der Waals surface area contributed by atoms with Crippen LogP contribution >= 0.6 is 11.6 Å². The number of hydrogen-bond donors (Lipinski definition) is 1. The SMILES string of the molecule is C[C@]1(O)CN(C(=O)CCc2ccc(Cl)cc2)CC[C@@H]1Oc1cccc(F)c1. The first-order valence-electron chi connectivity index (χ1n) is 9.00. The summed E-state index contributed by atoms with van der Waals surface area (Å²) in [6.07, 6.45) is 0.973. The molecule has 27 heavy (non-hydrogen) atoms. The molecule has 0 bridgehead atoms. The summed E-state index contributed by atoms with van der Waals surface area (Å²) < 4.78 is 19.1. The van der Waals surface area contributed by atoms with Gasteiger partial charge in [0, 0.05) is 30.5 Å². The van der Waals surface area contributed by atoms with Gasteiger partial charge in [-0.25, -0.2) is 4.39 Å². The lowest BCUT2D eigenvalue weighted by Gasteiger charge is -2.42. The molecule has 0 aromatic heterocycles. The lowest BCUT2D eigenvalue weighted by atomic mass is 9.91. The van der Waals surface area contributed by atoms with Crippen LogP contribution in [0.5, 0.6) is 5.75 Å². The highest BCUT2D eigenvalue weighted by Crippen LogP contribution is 2.27. The summed E-state index contributed by atoms with van der Waals surface area (Å²) in [5, 5.41) is 11.4. The number of halogens is 2. The third kappa shape index (κ3) is 5.21. The molecule has 3 rings (SSSR count). The number of likely N-dealkylation sites (tertiary alicyclic amines) is 1. The van der Waals surface area contributed by atoms with Crippen LogP contribution in [0.3, 0.4) is 0 Å². The van der Waals surface area contributed by atoms with Crippen molar-refractivity contribution in [1.82, 2.24) is 4.90 Å². The van der Waals surface area contributed by atoms with Gasteiger partial charge in [0.05, 0.1) is 6.54 Å². The predicted octanol–water partition coefficient (Wildman–Crippen LogP) is 3.84. The van der Waals surface area contributed by atoms with E-state index in [1.807, 2.05) is 12.1 Å². The molecule has 6 heteroatoms. The average molecular weight is 392 g/mol. The minimum atomic E-state index is -1.21. The van der Waals surface area contributed by atoms with Crippen molar-refractivity contribution in [3.05, 3.63) is 64.9 Å². The molecule has 144 valence electrons. The van der Waals surface area contributed by atoms with E-state index in [1.165, 1.54) is 12.1 Å². The zero-order chi connectivity index (χ0) is 19.4. The summed E-state index contributed by atoms with van der Waals surface area (Å²) in [5.41, 5.74) is -0.163. The number of nitrogens with zero attached hydrogens (tertiary/aromatic N) is 1. The minimum Gasteiger partial charge on any atom is -0.487 e. The fourth-order valence-electron chi connectivity index (χ4n) is 3.32. The molecule has 0 spiro atoms. The number of aryl methyl sites for hydroxylation is 1. The fraction of sp³-hybridized carbons (Fsp3) is 0.381. The van der Waals surface area contributed by atoms with Crippen molar-refractivity contribution in [2.24, 2.45) is 0 Å². The molecule has 4 nitrogen and oxygen atoms in total. The number of carbonyl (C=O) groups is 1. The van der Waals surface area contributed by atoms with Gasteiger partial charge < -0.3 is 14.7 Å². The first-order valence-corrected chi connectivity index (χ1v) is 9.38. The van der Waals surface area contributed by atoms with Crippen molar-refractivity contribution in [2.45, 2.75) is 37.9 Å². The maximum atomic E-state index is 13.3. The Morgan fingerprint density at radius 2 is 2.07 bits per heavy atom. The summed E-state index contributed by atoms with van der Waals surface area (Å²) in [6.45, 7) is 2.33. The Morgan fingerprint density at radius 1 is 1.33 bits per heavy atom. The highest BCUT2D eigenvalue weighted by atomic mass is 35.5. The van der Waals surface area contributed by atoms with E-state index in [0.717, 1.165) is 5.56 Å². The third-order valence-corrected chi connectivity index (χ3v) is 5.09. The Hall–Kier alpha value is -2.11. The van der Waals surface area contributed by atoms with Crippen molar-refractivity contribution < 1.29 is 19.0 Å². The number of hydrogen-bond acceptors (Lipinski definition) is 3. The van der Waals surface area contributed by atoms with E-state index in [9.17, 15) is 14.3 Å². The molecule has 1 aliphatic heterocycles. The van der Waals surface area contributed by atoms with Crippen LogP contribution in [0.4, 0.5) is 4.39 Å². The molecule has 1 heterocycles.